The highest BCUT2D eigenvalue weighted by Crippen LogP contribution is 2.10. The second-order valence-electron chi connectivity index (χ2n) is 4.68. The van der Waals surface area contributed by atoms with Crippen molar-refractivity contribution in [2.45, 2.75) is 25.8 Å². The largest absolute Gasteiger partial charge is 0.454 e. The second kappa shape index (κ2) is 6.18. The van der Waals surface area contributed by atoms with Crippen LogP contribution in [0.2, 0.25) is 0 Å². The number of benzene rings is 1. The van der Waals surface area contributed by atoms with Crippen LogP contribution in [-0.2, 0) is 19.1 Å². The van der Waals surface area contributed by atoms with Crippen LogP contribution in [0.3, 0.4) is 0 Å². The average Bonchev–Trinajstić information content (AvgIpc) is 2.83. The first-order valence-corrected chi connectivity index (χ1v) is 6.37. The lowest BCUT2D eigenvalue weighted by Crippen LogP contribution is -2.36. The molecule has 0 spiro atoms. The average molecular weight is 276 g/mol. The summed E-state index contributed by atoms with van der Waals surface area (Å²) in [5.74, 6) is -1.15. The van der Waals surface area contributed by atoms with Crippen LogP contribution < -0.4 is 10.6 Å². The molecule has 2 amide bonds. The Hall–Kier alpha value is -2.37. The predicted molar refractivity (Wildman–Crippen MR) is 71.9 cm³/mol. The molecule has 1 saturated heterocycles. The molecule has 0 bridgehead atoms. The summed E-state index contributed by atoms with van der Waals surface area (Å²) >= 11 is 0. The molecular formula is C14H16N2O4. The third-order valence-electron chi connectivity index (χ3n) is 2.93. The summed E-state index contributed by atoms with van der Waals surface area (Å²) in [6.45, 7) is 1.55. The summed E-state index contributed by atoms with van der Waals surface area (Å²) < 4.78 is 4.87. The SMILES string of the molecule is Cc1cccc(NC(=O)COC(=O)[C@H]2CCC(=O)N2)c1. The van der Waals surface area contributed by atoms with Crippen molar-refractivity contribution in [3.63, 3.8) is 0 Å². The first-order chi connectivity index (χ1) is 9.54. The number of hydrogen-bond donors (Lipinski definition) is 2. The molecule has 0 radical (unpaired) electrons. The van der Waals surface area contributed by atoms with Crippen molar-refractivity contribution < 1.29 is 19.1 Å². The van der Waals surface area contributed by atoms with Crippen molar-refractivity contribution in [2.24, 2.45) is 0 Å². The Labute approximate surface area is 116 Å². The standard InChI is InChI=1S/C14H16N2O4/c1-9-3-2-4-10(7-9)15-13(18)8-20-14(19)11-5-6-12(17)16-11/h2-4,7,11H,5-6,8H2,1H3,(H,15,18)(H,16,17)/t11-/m1/s1. The van der Waals surface area contributed by atoms with Gasteiger partial charge in [0, 0.05) is 12.1 Å². The molecule has 6 heteroatoms. The molecule has 0 aromatic heterocycles. The van der Waals surface area contributed by atoms with E-state index in [4.69, 9.17) is 4.74 Å². The number of anilines is 1. The van der Waals surface area contributed by atoms with Crippen LogP contribution >= 0.6 is 0 Å². The molecule has 1 fully saturated rings. The van der Waals surface area contributed by atoms with Crippen LogP contribution in [-0.4, -0.2) is 30.4 Å². The van der Waals surface area contributed by atoms with E-state index in [1.54, 1.807) is 6.07 Å². The zero-order valence-corrected chi connectivity index (χ0v) is 11.1. The molecule has 0 aliphatic carbocycles. The molecule has 1 heterocycles. The van der Waals surface area contributed by atoms with Crippen molar-refractivity contribution in [3.05, 3.63) is 29.8 Å². The van der Waals surface area contributed by atoms with E-state index in [-0.39, 0.29) is 12.5 Å². The lowest BCUT2D eigenvalue weighted by atomic mass is 10.2. The van der Waals surface area contributed by atoms with Gasteiger partial charge in [0.25, 0.3) is 5.91 Å². The van der Waals surface area contributed by atoms with Crippen molar-refractivity contribution in [1.82, 2.24) is 5.32 Å². The molecular weight excluding hydrogens is 260 g/mol. The molecule has 2 N–H and O–H groups in total. The third kappa shape index (κ3) is 3.81. The summed E-state index contributed by atoms with van der Waals surface area (Å²) in [7, 11) is 0. The number of carbonyl (C=O) groups is 3. The van der Waals surface area contributed by atoms with Gasteiger partial charge in [-0.15, -0.1) is 0 Å². The highest BCUT2D eigenvalue weighted by atomic mass is 16.5. The quantitative estimate of drug-likeness (QED) is 0.795. The summed E-state index contributed by atoms with van der Waals surface area (Å²) in [6, 6.07) is 6.68. The highest BCUT2D eigenvalue weighted by Gasteiger charge is 2.28. The Morgan fingerprint density at radius 3 is 2.90 bits per heavy atom. The highest BCUT2D eigenvalue weighted by molar-refractivity contribution is 5.94. The summed E-state index contributed by atoms with van der Waals surface area (Å²) in [6.07, 6.45) is 0.729. The van der Waals surface area contributed by atoms with Gasteiger partial charge in [-0.25, -0.2) is 4.79 Å². The maximum Gasteiger partial charge on any atom is 0.329 e. The number of ether oxygens (including phenoxy) is 1. The van der Waals surface area contributed by atoms with Gasteiger partial charge < -0.3 is 15.4 Å². The molecule has 2 rings (SSSR count). The maximum atomic E-state index is 11.6. The van der Waals surface area contributed by atoms with Gasteiger partial charge in [-0.3, -0.25) is 9.59 Å². The van der Waals surface area contributed by atoms with E-state index >= 15 is 0 Å². The van der Waals surface area contributed by atoms with Crippen LogP contribution in [0.25, 0.3) is 0 Å². The zero-order valence-electron chi connectivity index (χ0n) is 11.1. The maximum absolute atomic E-state index is 11.6. The second-order valence-corrected chi connectivity index (χ2v) is 4.68. The van der Waals surface area contributed by atoms with E-state index in [0.29, 0.717) is 18.5 Å². The van der Waals surface area contributed by atoms with E-state index in [9.17, 15) is 14.4 Å². The minimum Gasteiger partial charge on any atom is -0.454 e. The Morgan fingerprint density at radius 1 is 1.45 bits per heavy atom. The predicted octanol–water partition coefficient (Wildman–Crippen LogP) is 0.755. The summed E-state index contributed by atoms with van der Waals surface area (Å²) in [5, 5.41) is 5.12. The molecule has 1 aromatic carbocycles. The molecule has 1 aliphatic rings. The van der Waals surface area contributed by atoms with E-state index in [0.717, 1.165) is 5.56 Å². The minimum absolute atomic E-state index is 0.170. The number of nitrogens with one attached hydrogen (secondary N) is 2. The number of esters is 1. The lowest BCUT2D eigenvalue weighted by Gasteiger charge is -2.10. The number of carbonyl (C=O) groups excluding carboxylic acids is 3. The minimum atomic E-state index is -0.630. The molecule has 1 aliphatic heterocycles. The molecule has 0 saturated carbocycles. The number of hydrogen-bond acceptors (Lipinski definition) is 4. The van der Waals surface area contributed by atoms with E-state index < -0.39 is 17.9 Å². The third-order valence-corrected chi connectivity index (χ3v) is 2.93. The number of amides is 2. The van der Waals surface area contributed by atoms with Crippen LogP contribution in [0.15, 0.2) is 24.3 Å². The fourth-order valence-electron chi connectivity index (χ4n) is 1.95. The smallest absolute Gasteiger partial charge is 0.329 e. The van der Waals surface area contributed by atoms with Crippen molar-refractivity contribution >= 4 is 23.5 Å². The fraction of sp³-hybridized carbons (Fsp3) is 0.357. The lowest BCUT2D eigenvalue weighted by molar-refractivity contribution is -0.149. The van der Waals surface area contributed by atoms with Crippen LogP contribution in [0.4, 0.5) is 5.69 Å². The van der Waals surface area contributed by atoms with Gasteiger partial charge in [-0.2, -0.15) is 0 Å². The number of aryl methyl sites for hydroxylation is 1. The van der Waals surface area contributed by atoms with Gasteiger partial charge in [0.2, 0.25) is 5.91 Å². The molecule has 1 aromatic rings. The normalized spacial score (nSPS) is 17.4. The van der Waals surface area contributed by atoms with Gasteiger partial charge in [0.1, 0.15) is 6.04 Å². The molecule has 20 heavy (non-hydrogen) atoms. The first-order valence-electron chi connectivity index (χ1n) is 6.37. The van der Waals surface area contributed by atoms with Crippen molar-refractivity contribution in [1.29, 1.82) is 0 Å². The molecule has 0 unspecified atom stereocenters. The van der Waals surface area contributed by atoms with Crippen molar-refractivity contribution in [2.75, 3.05) is 11.9 Å². The Bertz CT molecular complexity index is 542. The Kier molecular flexibility index (Phi) is 4.34. The van der Waals surface area contributed by atoms with Gasteiger partial charge in [0.15, 0.2) is 6.61 Å². The number of rotatable bonds is 4. The molecule has 6 nitrogen and oxygen atoms in total. The monoisotopic (exact) mass is 276 g/mol. The van der Waals surface area contributed by atoms with E-state index in [1.807, 2.05) is 25.1 Å². The van der Waals surface area contributed by atoms with Gasteiger partial charge in [-0.1, -0.05) is 12.1 Å². The Balaban J connectivity index is 1.77. The first kappa shape index (κ1) is 14.0. The van der Waals surface area contributed by atoms with Crippen molar-refractivity contribution in [3.8, 4) is 0 Å². The summed E-state index contributed by atoms with van der Waals surface area (Å²) in [4.78, 5) is 34.2. The topological polar surface area (TPSA) is 84.5 Å². The van der Waals surface area contributed by atoms with E-state index in [1.165, 1.54) is 0 Å². The van der Waals surface area contributed by atoms with Crippen LogP contribution in [0.5, 0.6) is 0 Å². The van der Waals surface area contributed by atoms with E-state index in [2.05, 4.69) is 10.6 Å². The van der Waals surface area contributed by atoms with Gasteiger partial charge in [0.05, 0.1) is 0 Å². The molecule has 1 atom stereocenters. The summed E-state index contributed by atoms with van der Waals surface area (Å²) in [5.41, 5.74) is 1.67. The zero-order chi connectivity index (χ0) is 14.5. The van der Waals surface area contributed by atoms with Gasteiger partial charge >= 0.3 is 5.97 Å². The van der Waals surface area contributed by atoms with Gasteiger partial charge in [-0.05, 0) is 31.0 Å². The van der Waals surface area contributed by atoms with Crippen LogP contribution in [0.1, 0.15) is 18.4 Å². The molecule has 106 valence electrons. The Morgan fingerprint density at radius 2 is 2.25 bits per heavy atom. The fourth-order valence-corrected chi connectivity index (χ4v) is 1.95. The van der Waals surface area contributed by atoms with Crippen LogP contribution in [0, 0.1) is 6.92 Å².